The summed E-state index contributed by atoms with van der Waals surface area (Å²) in [5.74, 6) is 0.865. The predicted molar refractivity (Wildman–Crippen MR) is 98.2 cm³/mol. The molecule has 2 aromatic heterocycles. The lowest BCUT2D eigenvalue weighted by molar-refractivity contribution is 1.05. The molecule has 7 heteroatoms. The molecule has 0 aliphatic heterocycles. The minimum absolute atomic E-state index is 0.696. The number of fused-ring (bicyclic) bond motifs is 1. The van der Waals surface area contributed by atoms with Crippen LogP contribution in [0.1, 0.15) is 20.8 Å². The molecular weight excluding hydrogens is 306 g/mol. The molecule has 2 heterocycles. The van der Waals surface area contributed by atoms with Crippen molar-refractivity contribution in [3.8, 4) is 0 Å². The number of rotatable bonds is 6. The molecular formula is C15H27N5Si2. The van der Waals surface area contributed by atoms with E-state index in [-0.39, 0.29) is 0 Å². The van der Waals surface area contributed by atoms with Crippen molar-refractivity contribution in [1.29, 1.82) is 0 Å². The highest BCUT2D eigenvalue weighted by Crippen LogP contribution is 2.33. The molecule has 22 heavy (non-hydrogen) atoms. The van der Waals surface area contributed by atoms with Gasteiger partial charge in [0.25, 0.3) is 0 Å². The van der Waals surface area contributed by atoms with Gasteiger partial charge in [0.05, 0.1) is 6.20 Å². The summed E-state index contributed by atoms with van der Waals surface area (Å²) in [5.41, 5.74) is 1.46. The standard InChI is InChI=1S/C15H27N5Si2/c1-7-22(8-2,9-3)20(21(4,5)6)15-18-12-13-14(19-15)17-11-10-16-13/h10-12H,7-9H2,1-6H3. The molecule has 0 amide bonds. The van der Waals surface area contributed by atoms with Crippen LogP contribution in [0.15, 0.2) is 18.6 Å². The molecule has 0 aliphatic rings. The molecule has 0 unspecified atom stereocenters. The first-order valence-electron chi connectivity index (χ1n) is 8.12. The number of hydrogen-bond acceptors (Lipinski definition) is 5. The summed E-state index contributed by atoms with van der Waals surface area (Å²) >= 11 is 0. The van der Waals surface area contributed by atoms with Crippen LogP contribution in [0.25, 0.3) is 11.2 Å². The maximum atomic E-state index is 4.76. The normalized spacial score (nSPS) is 12.6. The van der Waals surface area contributed by atoms with E-state index in [0.717, 1.165) is 11.5 Å². The van der Waals surface area contributed by atoms with E-state index in [4.69, 9.17) is 4.98 Å². The van der Waals surface area contributed by atoms with Crippen LogP contribution < -0.4 is 4.23 Å². The molecule has 0 aromatic carbocycles. The van der Waals surface area contributed by atoms with Crippen molar-refractivity contribution in [1.82, 2.24) is 19.9 Å². The Morgan fingerprint density at radius 1 is 0.909 bits per heavy atom. The largest absolute Gasteiger partial charge is 0.393 e. The van der Waals surface area contributed by atoms with E-state index >= 15 is 0 Å². The van der Waals surface area contributed by atoms with Crippen LogP contribution in [-0.4, -0.2) is 36.4 Å². The van der Waals surface area contributed by atoms with E-state index in [1.54, 1.807) is 12.4 Å². The van der Waals surface area contributed by atoms with Gasteiger partial charge in [-0.2, -0.15) is 4.98 Å². The Kier molecular flexibility index (Phi) is 4.96. The lowest BCUT2D eigenvalue weighted by atomic mass is 10.5. The Morgan fingerprint density at radius 2 is 1.50 bits per heavy atom. The minimum Gasteiger partial charge on any atom is -0.393 e. The lowest BCUT2D eigenvalue weighted by Crippen LogP contribution is -2.64. The van der Waals surface area contributed by atoms with Gasteiger partial charge in [0, 0.05) is 12.4 Å². The van der Waals surface area contributed by atoms with Gasteiger partial charge in [-0.1, -0.05) is 40.4 Å². The zero-order valence-electron chi connectivity index (χ0n) is 14.6. The van der Waals surface area contributed by atoms with Crippen molar-refractivity contribution in [3.63, 3.8) is 0 Å². The van der Waals surface area contributed by atoms with Crippen molar-refractivity contribution >= 4 is 33.6 Å². The summed E-state index contributed by atoms with van der Waals surface area (Å²) in [6.07, 6.45) is 5.20. The highest BCUT2D eigenvalue weighted by Gasteiger charge is 2.43. The zero-order valence-corrected chi connectivity index (χ0v) is 16.6. The molecule has 0 saturated carbocycles. The Hall–Kier alpha value is -1.35. The Morgan fingerprint density at radius 3 is 2.05 bits per heavy atom. The van der Waals surface area contributed by atoms with Crippen molar-refractivity contribution in [2.75, 3.05) is 4.23 Å². The predicted octanol–water partition coefficient (Wildman–Crippen LogP) is 4.07. The first-order valence-corrected chi connectivity index (χ1v) is 14.1. The van der Waals surface area contributed by atoms with E-state index in [1.807, 2.05) is 6.20 Å². The van der Waals surface area contributed by atoms with E-state index in [2.05, 4.69) is 59.6 Å². The second-order valence-electron chi connectivity index (χ2n) is 6.73. The summed E-state index contributed by atoms with van der Waals surface area (Å²) in [4.78, 5) is 18.1. The number of hydrogen-bond donors (Lipinski definition) is 0. The third kappa shape index (κ3) is 3.05. The quantitative estimate of drug-likeness (QED) is 0.746. The van der Waals surface area contributed by atoms with Gasteiger partial charge in [0.2, 0.25) is 5.95 Å². The third-order valence-electron chi connectivity index (χ3n) is 4.53. The summed E-state index contributed by atoms with van der Waals surface area (Å²) in [5, 5.41) is 0. The number of nitrogens with zero attached hydrogens (tertiary/aromatic N) is 5. The lowest BCUT2D eigenvalue weighted by Gasteiger charge is -2.48. The van der Waals surface area contributed by atoms with Crippen LogP contribution in [0.4, 0.5) is 5.95 Å². The van der Waals surface area contributed by atoms with Gasteiger partial charge < -0.3 is 4.23 Å². The monoisotopic (exact) mass is 333 g/mol. The maximum Gasteiger partial charge on any atom is 0.211 e. The smallest absolute Gasteiger partial charge is 0.211 e. The van der Waals surface area contributed by atoms with Gasteiger partial charge in [-0.05, 0) is 18.1 Å². The second kappa shape index (κ2) is 6.41. The van der Waals surface area contributed by atoms with Crippen LogP contribution in [0.3, 0.4) is 0 Å². The van der Waals surface area contributed by atoms with Gasteiger partial charge in [-0.15, -0.1) is 0 Å². The summed E-state index contributed by atoms with van der Waals surface area (Å²) in [6.45, 7) is 14.1. The van der Waals surface area contributed by atoms with Gasteiger partial charge >= 0.3 is 0 Å². The SMILES string of the molecule is CC[Si](CC)(CC)N(c1ncc2nccnc2n1)[Si](C)(C)C. The van der Waals surface area contributed by atoms with Crippen LogP contribution in [-0.2, 0) is 0 Å². The molecule has 2 aromatic rings. The van der Waals surface area contributed by atoms with Crippen molar-refractivity contribution < 1.29 is 0 Å². The number of anilines is 1. The van der Waals surface area contributed by atoms with Crippen molar-refractivity contribution in [2.24, 2.45) is 0 Å². The van der Waals surface area contributed by atoms with Crippen LogP contribution in [0.2, 0.25) is 37.8 Å². The molecule has 0 bridgehead atoms. The Bertz CT molecular complexity index is 629. The summed E-state index contributed by atoms with van der Waals surface area (Å²) < 4.78 is 2.65. The first kappa shape index (κ1) is 17.0. The second-order valence-corrected chi connectivity index (χ2v) is 17.0. The molecule has 0 saturated heterocycles. The third-order valence-corrected chi connectivity index (χ3v) is 14.6. The topological polar surface area (TPSA) is 54.8 Å². The fourth-order valence-electron chi connectivity index (χ4n) is 3.32. The molecule has 5 nitrogen and oxygen atoms in total. The molecule has 0 aliphatic carbocycles. The molecule has 120 valence electrons. The molecule has 2 rings (SSSR count). The average molecular weight is 334 g/mol. The molecule has 0 fully saturated rings. The van der Waals surface area contributed by atoms with Crippen molar-refractivity contribution in [3.05, 3.63) is 18.6 Å². The molecule has 0 radical (unpaired) electrons. The Labute approximate surface area is 135 Å². The van der Waals surface area contributed by atoms with Crippen LogP contribution >= 0.6 is 0 Å². The number of aromatic nitrogens is 4. The molecule has 0 spiro atoms. The maximum absolute atomic E-state index is 4.76. The molecule has 0 N–H and O–H groups in total. The van der Waals surface area contributed by atoms with E-state index < -0.39 is 16.5 Å². The summed E-state index contributed by atoms with van der Waals surface area (Å²) in [7, 11) is -3.18. The zero-order chi connectivity index (χ0) is 16.4. The summed E-state index contributed by atoms with van der Waals surface area (Å²) in [6, 6.07) is 3.68. The van der Waals surface area contributed by atoms with Crippen LogP contribution in [0, 0.1) is 0 Å². The van der Waals surface area contributed by atoms with Gasteiger partial charge in [-0.3, -0.25) is 0 Å². The fraction of sp³-hybridized carbons (Fsp3) is 0.600. The van der Waals surface area contributed by atoms with Crippen molar-refractivity contribution in [2.45, 2.75) is 58.5 Å². The first-order chi connectivity index (χ1) is 10.4. The van der Waals surface area contributed by atoms with E-state index in [9.17, 15) is 0 Å². The minimum atomic E-state index is -1.59. The fourth-order valence-corrected chi connectivity index (χ4v) is 14.1. The Balaban J connectivity index is 2.61. The average Bonchev–Trinajstić information content (AvgIpc) is 2.51. The van der Waals surface area contributed by atoms with E-state index in [0.29, 0.717) is 5.65 Å². The van der Waals surface area contributed by atoms with Gasteiger partial charge in [0.15, 0.2) is 5.65 Å². The highest BCUT2D eigenvalue weighted by molar-refractivity contribution is 7.00. The molecule has 0 atom stereocenters. The van der Waals surface area contributed by atoms with Gasteiger partial charge in [0.1, 0.15) is 22.0 Å². The highest BCUT2D eigenvalue weighted by atomic mass is 28.4. The van der Waals surface area contributed by atoms with E-state index in [1.165, 1.54) is 18.1 Å². The van der Waals surface area contributed by atoms with Crippen LogP contribution in [0.5, 0.6) is 0 Å². The van der Waals surface area contributed by atoms with Gasteiger partial charge in [-0.25, -0.2) is 15.0 Å².